The lowest BCUT2D eigenvalue weighted by Crippen LogP contribution is -1.94. The summed E-state index contributed by atoms with van der Waals surface area (Å²) in [6.45, 7) is 0. The second kappa shape index (κ2) is 4.19. The Kier molecular flexibility index (Phi) is 2.97. The van der Waals surface area contributed by atoms with Gasteiger partial charge in [0.15, 0.2) is 0 Å². The standard InChI is InChI=1S/C10H10N2O2/c11-8-5-4-7(6-9(8)12)2-1-3-10(13)14/h4-6H,3,11-12H2,(H,13,14). The highest BCUT2D eigenvalue weighted by molar-refractivity contribution is 5.70. The molecule has 0 aliphatic rings. The molecule has 0 aromatic heterocycles. The van der Waals surface area contributed by atoms with Gasteiger partial charge in [-0.25, -0.2) is 0 Å². The van der Waals surface area contributed by atoms with Crippen LogP contribution in [0.2, 0.25) is 0 Å². The van der Waals surface area contributed by atoms with Gasteiger partial charge >= 0.3 is 5.97 Å². The second-order valence-corrected chi connectivity index (χ2v) is 2.72. The highest BCUT2D eigenvalue weighted by Crippen LogP contribution is 2.14. The zero-order chi connectivity index (χ0) is 10.6. The van der Waals surface area contributed by atoms with Gasteiger partial charge in [-0.15, -0.1) is 0 Å². The molecule has 0 aliphatic carbocycles. The Morgan fingerprint density at radius 1 is 1.36 bits per heavy atom. The number of nitrogen functional groups attached to an aromatic ring is 2. The van der Waals surface area contributed by atoms with Crippen LogP contribution in [0, 0.1) is 11.8 Å². The predicted molar refractivity (Wildman–Crippen MR) is 54.4 cm³/mol. The molecule has 0 amide bonds. The molecule has 0 heterocycles. The maximum Gasteiger partial charge on any atom is 0.315 e. The van der Waals surface area contributed by atoms with Gasteiger partial charge in [-0.05, 0) is 18.2 Å². The SMILES string of the molecule is Nc1ccc(C#CCC(=O)O)cc1N. The van der Waals surface area contributed by atoms with Gasteiger partial charge in [0.05, 0.1) is 11.4 Å². The molecule has 5 N–H and O–H groups in total. The third-order valence-electron chi connectivity index (χ3n) is 1.56. The van der Waals surface area contributed by atoms with E-state index in [4.69, 9.17) is 16.6 Å². The summed E-state index contributed by atoms with van der Waals surface area (Å²) < 4.78 is 0. The molecule has 0 radical (unpaired) electrons. The minimum Gasteiger partial charge on any atom is -0.481 e. The molecule has 0 aliphatic heterocycles. The Balaban J connectivity index is 2.81. The summed E-state index contributed by atoms with van der Waals surface area (Å²) in [5.41, 5.74) is 12.7. The molecular formula is C10H10N2O2. The lowest BCUT2D eigenvalue weighted by atomic mass is 10.2. The van der Waals surface area contributed by atoms with Crippen molar-refractivity contribution < 1.29 is 9.90 Å². The first-order valence-electron chi connectivity index (χ1n) is 3.95. The number of anilines is 2. The number of aliphatic carboxylic acids is 1. The molecule has 0 unspecified atom stereocenters. The molecule has 0 spiro atoms. The molecule has 0 saturated heterocycles. The summed E-state index contributed by atoms with van der Waals surface area (Å²) in [7, 11) is 0. The van der Waals surface area contributed by atoms with Crippen LogP contribution < -0.4 is 11.5 Å². The summed E-state index contributed by atoms with van der Waals surface area (Å²) >= 11 is 0. The summed E-state index contributed by atoms with van der Waals surface area (Å²) in [6, 6.07) is 4.95. The van der Waals surface area contributed by atoms with E-state index >= 15 is 0 Å². The van der Waals surface area contributed by atoms with Crippen LogP contribution >= 0.6 is 0 Å². The van der Waals surface area contributed by atoms with E-state index in [1.165, 1.54) is 0 Å². The monoisotopic (exact) mass is 190 g/mol. The van der Waals surface area contributed by atoms with Crippen LogP contribution in [0.5, 0.6) is 0 Å². The van der Waals surface area contributed by atoms with E-state index in [-0.39, 0.29) is 6.42 Å². The van der Waals surface area contributed by atoms with Crippen molar-refractivity contribution in [1.82, 2.24) is 0 Å². The molecule has 1 aromatic rings. The number of hydrogen-bond acceptors (Lipinski definition) is 3. The largest absolute Gasteiger partial charge is 0.481 e. The molecule has 0 saturated carbocycles. The molecule has 0 fully saturated rings. The number of carbonyl (C=O) groups is 1. The van der Waals surface area contributed by atoms with E-state index < -0.39 is 5.97 Å². The predicted octanol–water partition coefficient (Wildman–Crippen LogP) is 0.677. The number of rotatable bonds is 1. The maximum absolute atomic E-state index is 10.2. The summed E-state index contributed by atoms with van der Waals surface area (Å²) in [5.74, 6) is 4.24. The first-order chi connectivity index (χ1) is 6.59. The fourth-order valence-electron chi connectivity index (χ4n) is 0.874. The van der Waals surface area contributed by atoms with Crippen LogP contribution in [0.25, 0.3) is 0 Å². The van der Waals surface area contributed by atoms with Gasteiger partial charge in [-0.2, -0.15) is 0 Å². The summed E-state index contributed by atoms with van der Waals surface area (Å²) in [4.78, 5) is 10.2. The second-order valence-electron chi connectivity index (χ2n) is 2.72. The molecular weight excluding hydrogens is 180 g/mol. The smallest absolute Gasteiger partial charge is 0.315 e. The lowest BCUT2D eigenvalue weighted by molar-refractivity contribution is -0.135. The van der Waals surface area contributed by atoms with Crippen molar-refractivity contribution in [3.63, 3.8) is 0 Å². The number of carboxylic acids is 1. The Bertz CT molecular complexity index is 416. The first-order valence-corrected chi connectivity index (χ1v) is 3.95. The van der Waals surface area contributed by atoms with E-state index in [0.717, 1.165) is 0 Å². The third-order valence-corrected chi connectivity index (χ3v) is 1.56. The maximum atomic E-state index is 10.2. The van der Waals surface area contributed by atoms with Crippen LogP contribution in [0.3, 0.4) is 0 Å². The van der Waals surface area contributed by atoms with Crippen molar-refractivity contribution in [3.05, 3.63) is 23.8 Å². The molecule has 1 rings (SSSR count). The molecule has 0 bridgehead atoms. The average Bonchev–Trinajstić information content (AvgIpc) is 2.10. The normalized spacial score (nSPS) is 8.86. The zero-order valence-electron chi connectivity index (χ0n) is 7.45. The minimum absolute atomic E-state index is 0.176. The van der Waals surface area contributed by atoms with Gasteiger partial charge in [0.2, 0.25) is 0 Å². The fraction of sp³-hybridized carbons (Fsp3) is 0.100. The van der Waals surface area contributed by atoms with Crippen molar-refractivity contribution in [2.75, 3.05) is 11.5 Å². The van der Waals surface area contributed by atoms with Gasteiger partial charge in [0.25, 0.3) is 0 Å². The van der Waals surface area contributed by atoms with Gasteiger partial charge in [0.1, 0.15) is 6.42 Å². The Labute approximate surface area is 81.5 Å². The number of nitrogens with two attached hydrogens (primary N) is 2. The van der Waals surface area contributed by atoms with Crippen molar-refractivity contribution in [1.29, 1.82) is 0 Å². The molecule has 0 atom stereocenters. The molecule has 4 heteroatoms. The molecule has 14 heavy (non-hydrogen) atoms. The Morgan fingerprint density at radius 2 is 2.07 bits per heavy atom. The van der Waals surface area contributed by atoms with Crippen molar-refractivity contribution in [2.24, 2.45) is 0 Å². The van der Waals surface area contributed by atoms with Crippen LogP contribution in [0.15, 0.2) is 18.2 Å². The third kappa shape index (κ3) is 2.72. The molecule has 4 nitrogen and oxygen atoms in total. The van der Waals surface area contributed by atoms with Gasteiger partial charge < -0.3 is 16.6 Å². The Hall–Kier alpha value is -2.15. The van der Waals surface area contributed by atoms with Crippen molar-refractivity contribution >= 4 is 17.3 Å². The van der Waals surface area contributed by atoms with Gasteiger partial charge in [-0.3, -0.25) is 4.79 Å². The average molecular weight is 190 g/mol. The van der Waals surface area contributed by atoms with Gasteiger partial charge in [-0.1, -0.05) is 11.8 Å². The van der Waals surface area contributed by atoms with Crippen LogP contribution in [0.4, 0.5) is 11.4 Å². The minimum atomic E-state index is -0.944. The highest BCUT2D eigenvalue weighted by atomic mass is 16.4. The van der Waals surface area contributed by atoms with E-state index in [1.54, 1.807) is 18.2 Å². The lowest BCUT2D eigenvalue weighted by Gasteiger charge is -1.98. The van der Waals surface area contributed by atoms with E-state index in [1.807, 2.05) is 0 Å². The van der Waals surface area contributed by atoms with E-state index in [9.17, 15) is 4.79 Å². The van der Waals surface area contributed by atoms with E-state index in [0.29, 0.717) is 16.9 Å². The van der Waals surface area contributed by atoms with Crippen LogP contribution in [-0.4, -0.2) is 11.1 Å². The first kappa shape index (κ1) is 9.93. The fourth-order valence-corrected chi connectivity index (χ4v) is 0.874. The van der Waals surface area contributed by atoms with Gasteiger partial charge in [0, 0.05) is 5.56 Å². The van der Waals surface area contributed by atoms with Crippen molar-refractivity contribution in [3.8, 4) is 11.8 Å². The highest BCUT2D eigenvalue weighted by Gasteiger charge is 1.94. The quantitative estimate of drug-likeness (QED) is 0.448. The number of benzene rings is 1. The summed E-state index contributed by atoms with van der Waals surface area (Å²) in [5, 5.41) is 8.34. The van der Waals surface area contributed by atoms with Crippen LogP contribution in [-0.2, 0) is 4.79 Å². The topological polar surface area (TPSA) is 89.3 Å². The zero-order valence-corrected chi connectivity index (χ0v) is 7.45. The number of carboxylic acid groups (broad SMARTS) is 1. The number of hydrogen-bond donors (Lipinski definition) is 3. The molecule has 72 valence electrons. The van der Waals surface area contributed by atoms with E-state index in [2.05, 4.69) is 11.8 Å². The summed E-state index contributed by atoms with van der Waals surface area (Å²) in [6.07, 6.45) is -0.176. The van der Waals surface area contributed by atoms with Crippen molar-refractivity contribution in [2.45, 2.75) is 6.42 Å². The van der Waals surface area contributed by atoms with Crippen LogP contribution in [0.1, 0.15) is 12.0 Å². The molecule has 1 aromatic carbocycles. The Morgan fingerprint density at radius 3 is 2.64 bits per heavy atom.